The van der Waals surface area contributed by atoms with Gasteiger partial charge in [0.05, 0.1) is 0 Å². The summed E-state index contributed by atoms with van der Waals surface area (Å²) in [5.74, 6) is 0. The molecular formula is C10H8ClN3S. The van der Waals surface area contributed by atoms with Crippen LogP contribution in [0, 0.1) is 0 Å². The topological polar surface area (TPSA) is 51.8 Å². The van der Waals surface area contributed by atoms with Gasteiger partial charge in [0.2, 0.25) is 0 Å². The maximum Gasteiger partial charge on any atom is 0.132 e. The second kappa shape index (κ2) is 4.51. The molecule has 2 rings (SSSR count). The third-order valence-electron chi connectivity index (χ3n) is 1.67. The van der Waals surface area contributed by atoms with E-state index in [1.165, 1.54) is 11.8 Å². The van der Waals surface area contributed by atoms with Crippen molar-refractivity contribution in [2.75, 3.05) is 5.73 Å². The summed E-state index contributed by atoms with van der Waals surface area (Å²) in [5.41, 5.74) is 6.28. The molecule has 0 spiro atoms. The Morgan fingerprint density at radius 1 is 1.20 bits per heavy atom. The van der Waals surface area contributed by atoms with E-state index in [0.29, 0.717) is 10.8 Å². The van der Waals surface area contributed by atoms with Gasteiger partial charge in [0, 0.05) is 23.0 Å². The van der Waals surface area contributed by atoms with E-state index < -0.39 is 0 Å². The highest BCUT2D eigenvalue weighted by Crippen LogP contribution is 2.27. The monoisotopic (exact) mass is 237 g/mol. The van der Waals surface area contributed by atoms with Gasteiger partial charge in [0.1, 0.15) is 10.2 Å². The number of nitrogens with zero attached hydrogens (tertiary/aromatic N) is 2. The predicted molar refractivity (Wildman–Crippen MR) is 62.0 cm³/mol. The van der Waals surface area contributed by atoms with Crippen LogP contribution in [0.4, 0.5) is 5.69 Å². The number of pyridine rings is 2. The van der Waals surface area contributed by atoms with Crippen LogP contribution < -0.4 is 5.73 Å². The van der Waals surface area contributed by atoms with E-state index in [1.807, 2.05) is 12.1 Å². The first-order valence-electron chi connectivity index (χ1n) is 4.25. The average Bonchev–Trinajstić information content (AvgIpc) is 2.17. The van der Waals surface area contributed by atoms with Crippen molar-refractivity contribution in [1.29, 1.82) is 0 Å². The van der Waals surface area contributed by atoms with Crippen molar-refractivity contribution in [3.05, 3.63) is 41.8 Å². The molecule has 0 radical (unpaired) electrons. The molecule has 0 amide bonds. The van der Waals surface area contributed by atoms with Crippen LogP contribution >= 0.6 is 23.4 Å². The lowest BCUT2D eigenvalue weighted by Gasteiger charge is -2.02. The second-order valence-corrected chi connectivity index (χ2v) is 4.33. The van der Waals surface area contributed by atoms with E-state index >= 15 is 0 Å². The summed E-state index contributed by atoms with van der Waals surface area (Å²) in [7, 11) is 0. The van der Waals surface area contributed by atoms with Crippen LogP contribution in [-0.2, 0) is 0 Å². The van der Waals surface area contributed by atoms with E-state index in [0.717, 1.165) is 9.92 Å². The molecular weight excluding hydrogens is 230 g/mol. The van der Waals surface area contributed by atoms with Crippen LogP contribution in [0.15, 0.2) is 46.6 Å². The van der Waals surface area contributed by atoms with Crippen molar-refractivity contribution in [3.63, 3.8) is 0 Å². The van der Waals surface area contributed by atoms with Crippen LogP contribution in [0.1, 0.15) is 0 Å². The minimum absolute atomic E-state index is 0.409. The third-order valence-corrected chi connectivity index (χ3v) is 2.78. The zero-order chi connectivity index (χ0) is 10.7. The van der Waals surface area contributed by atoms with E-state index in [9.17, 15) is 0 Å². The summed E-state index contributed by atoms with van der Waals surface area (Å²) in [6.45, 7) is 0. The largest absolute Gasteiger partial charge is 0.399 e. The zero-order valence-corrected chi connectivity index (χ0v) is 9.29. The molecule has 0 bridgehead atoms. The molecule has 2 heterocycles. The molecule has 0 aliphatic heterocycles. The lowest BCUT2D eigenvalue weighted by Crippen LogP contribution is -1.88. The first kappa shape index (κ1) is 10.3. The van der Waals surface area contributed by atoms with Gasteiger partial charge >= 0.3 is 0 Å². The SMILES string of the molecule is Nc1cc(Cl)nc(Sc2ccncc2)c1. The highest BCUT2D eigenvalue weighted by atomic mass is 35.5. The Kier molecular flexibility index (Phi) is 3.08. The number of hydrogen-bond acceptors (Lipinski definition) is 4. The molecule has 2 aromatic heterocycles. The van der Waals surface area contributed by atoms with Crippen LogP contribution in [0.25, 0.3) is 0 Å². The van der Waals surface area contributed by atoms with Crippen LogP contribution in [0.2, 0.25) is 5.15 Å². The fourth-order valence-corrected chi connectivity index (χ4v) is 2.18. The number of hydrogen-bond donors (Lipinski definition) is 1. The molecule has 0 aliphatic carbocycles. The normalized spacial score (nSPS) is 10.2. The summed E-state index contributed by atoms with van der Waals surface area (Å²) < 4.78 is 0. The zero-order valence-electron chi connectivity index (χ0n) is 7.72. The molecule has 0 saturated heterocycles. The van der Waals surface area contributed by atoms with E-state index in [2.05, 4.69) is 9.97 Å². The van der Waals surface area contributed by atoms with E-state index in [1.54, 1.807) is 24.5 Å². The first-order chi connectivity index (χ1) is 7.24. The van der Waals surface area contributed by atoms with Gasteiger partial charge in [-0.1, -0.05) is 23.4 Å². The lowest BCUT2D eigenvalue weighted by molar-refractivity contribution is 1.13. The standard InChI is InChI=1S/C10H8ClN3S/c11-9-5-7(12)6-10(14-9)15-8-1-3-13-4-2-8/h1-6H,(H2,12,14). The van der Waals surface area contributed by atoms with Crippen molar-refractivity contribution in [2.24, 2.45) is 0 Å². The molecule has 0 fully saturated rings. The molecule has 0 atom stereocenters. The van der Waals surface area contributed by atoms with Crippen molar-refractivity contribution in [3.8, 4) is 0 Å². The summed E-state index contributed by atoms with van der Waals surface area (Å²) in [6.07, 6.45) is 3.46. The van der Waals surface area contributed by atoms with Gasteiger partial charge in [0.15, 0.2) is 0 Å². The van der Waals surface area contributed by atoms with E-state index in [4.69, 9.17) is 17.3 Å². The molecule has 2 N–H and O–H groups in total. The van der Waals surface area contributed by atoms with Crippen LogP contribution in [-0.4, -0.2) is 9.97 Å². The Morgan fingerprint density at radius 2 is 1.93 bits per heavy atom. The van der Waals surface area contributed by atoms with Gasteiger partial charge in [-0.05, 0) is 24.3 Å². The average molecular weight is 238 g/mol. The highest BCUT2D eigenvalue weighted by molar-refractivity contribution is 7.99. The fraction of sp³-hybridized carbons (Fsp3) is 0. The number of halogens is 1. The van der Waals surface area contributed by atoms with Gasteiger partial charge in [-0.3, -0.25) is 4.98 Å². The Labute approximate surface area is 96.7 Å². The Hall–Kier alpha value is -1.26. The van der Waals surface area contributed by atoms with Gasteiger partial charge in [-0.2, -0.15) is 0 Å². The number of aromatic nitrogens is 2. The van der Waals surface area contributed by atoms with Crippen LogP contribution in [0.3, 0.4) is 0 Å². The molecule has 2 aromatic rings. The minimum atomic E-state index is 0.409. The first-order valence-corrected chi connectivity index (χ1v) is 5.44. The Morgan fingerprint density at radius 3 is 2.60 bits per heavy atom. The molecule has 0 saturated carbocycles. The molecule has 0 unspecified atom stereocenters. The van der Waals surface area contributed by atoms with Crippen molar-refractivity contribution < 1.29 is 0 Å². The predicted octanol–water partition coefficient (Wildman–Crippen LogP) is 2.86. The Balaban J connectivity index is 2.25. The van der Waals surface area contributed by atoms with E-state index in [-0.39, 0.29) is 0 Å². The smallest absolute Gasteiger partial charge is 0.132 e. The third kappa shape index (κ3) is 2.84. The van der Waals surface area contributed by atoms with Gasteiger partial charge in [-0.15, -0.1) is 0 Å². The van der Waals surface area contributed by atoms with Gasteiger partial charge in [-0.25, -0.2) is 4.98 Å². The molecule has 5 heteroatoms. The summed E-state index contributed by atoms with van der Waals surface area (Å²) in [4.78, 5) is 9.15. The number of rotatable bonds is 2. The van der Waals surface area contributed by atoms with Gasteiger partial charge in [0.25, 0.3) is 0 Å². The van der Waals surface area contributed by atoms with Crippen molar-refractivity contribution in [2.45, 2.75) is 9.92 Å². The summed E-state index contributed by atoms with van der Waals surface area (Å²) in [6, 6.07) is 7.22. The molecule has 0 aliphatic rings. The number of nitrogen functional groups attached to an aromatic ring is 1. The molecule has 3 nitrogen and oxygen atoms in total. The maximum absolute atomic E-state index is 5.80. The molecule has 0 aromatic carbocycles. The molecule has 15 heavy (non-hydrogen) atoms. The summed E-state index contributed by atoms with van der Waals surface area (Å²) in [5, 5.41) is 1.19. The fourth-order valence-electron chi connectivity index (χ4n) is 1.07. The maximum atomic E-state index is 5.80. The van der Waals surface area contributed by atoms with Crippen molar-refractivity contribution >= 4 is 29.1 Å². The quantitative estimate of drug-likeness (QED) is 0.816. The minimum Gasteiger partial charge on any atom is -0.399 e. The Bertz CT molecular complexity index is 441. The van der Waals surface area contributed by atoms with Crippen molar-refractivity contribution in [1.82, 2.24) is 9.97 Å². The summed E-state index contributed by atoms with van der Waals surface area (Å²) >= 11 is 7.30. The second-order valence-electron chi connectivity index (χ2n) is 2.85. The number of anilines is 1. The number of nitrogens with two attached hydrogens (primary N) is 1. The molecule has 76 valence electrons. The van der Waals surface area contributed by atoms with Crippen LogP contribution in [0.5, 0.6) is 0 Å². The van der Waals surface area contributed by atoms with Gasteiger partial charge < -0.3 is 5.73 Å². The lowest BCUT2D eigenvalue weighted by atomic mass is 10.4. The highest BCUT2D eigenvalue weighted by Gasteiger charge is 2.01.